The van der Waals surface area contributed by atoms with Crippen LogP contribution in [0.25, 0.3) is 22.3 Å². The summed E-state index contributed by atoms with van der Waals surface area (Å²) in [5.74, 6) is 0. The average Bonchev–Trinajstić information content (AvgIpc) is 3.30. The van der Waals surface area contributed by atoms with Gasteiger partial charge in [-0.25, -0.2) is 18.4 Å². The SMILES string of the molecule is N#CCC1(n2cc(-c3ncnc4c3ccn4CO)cn2)CN(S(=O)(=O)C2CC2)C1. The minimum Gasteiger partial charge on any atom is -0.376 e. The second kappa shape index (κ2) is 6.35. The number of nitriles is 1. The first-order valence-electron chi connectivity index (χ1n) is 9.31. The van der Waals surface area contributed by atoms with Crippen LogP contribution in [0.1, 0.15) is 19.3 Å². The van der Waals surface area contributed by atoms with Crippen LogP contribution in [0, 0.1) is 11.3 Å². The first-order chi connectivity index (χ1) is 14.0. The third-order valence-corrected chi connectivity index (χ3v) is 8.00. The molecule has 0 bridgehead atoms. The quantitative estimate of drug-likeness (QED) is 0.628. The molecule has 2 aliphatic rings. The Labute approximate surface area is 167 Å². The molecule has 150 valence electrons. The van der Waals surface area contributed by atoms with E-state index in [4.69, 9.17) is 0 Å². The number of fused-ring (bicyclic) bond motifs is 1. The van der Waals surface area contributed by atoms with Crippen molar-refractivity contribution in [3.05, 3.63) is 31.0 Å². The van der Waals surface area contributed by atoms with Gasteiger partial charge < -0.3 is 9.67 Å². The van der Waals surface area contributed by atoms with E-state index < -0.39 is 15.6 Å². The highest BCUT2D eigenvalue weighted by atomic mass is 32.2. The molecule has 1 aliphatic carbocycles. The van der Waals surface area contributed by atoms with Crippen molar-refractivity contribution in [3.63, 3.8) is 0 Å². The summed E-state index contributed by atoms with van der Waals surface area (Å²) in [6, 6.07) is 4.01. The Kier molecular flexibility index (Phi) is 3.99. The van der Waals surface area contributed by atoms with Crippen LogP contribution in [0.5, 0.6) is 0 Å². The molecule has 10 nitrogen and oxygen atoms in total. The number of aliphatic hydroxyl groups is 1. The number of aromatic nitrogens is 5. The van der Waals surface area contributed by atoms with Gasteiger partial charge in [-0.15, -0.1) is 0 Å². The van der Waals surface area contributed by atoms with Gasteiger partial charge in [-0.05, 0) is 18.9 Å². The van der Waals surface area contributed by atoms with E-state index in [1.165, 1.54) is 10.6 Å². The number of sulfonamides is 1. The largest absolute Gasteiger partial charge is 0.376 e. The molecule has 0 spiro atoms. The molecule has 1 saturated carbocycles. The van der Waals surface area contributed by atoms with E-state index in [-0.39, 0.29) is 31.5 Å². The summed E-state index contributed by atoms with van der Waals surface area (Å²) in [6.07, 6.45) is 8.23. The molecule has 0 unspecified atom stereocenters. The van der Waals surface area contributed by atoms with Crippen LogP contribution in [0.15, 0.2) is 31.0 Å². The average molecular weight is 413 g/mol. The predicted molar refractivity (Wildman–Crippen MR) is 103 cm³/mol. The Bertz CT molecular complexity index is 1230. The van der Waals surface area contributed by atoms with E-state index in [9.17, 15) is 18.8 Å². The normalized spacial score (nSPS) is 19.2. The third kappa shape index (κ3) is 2.75. The zero-order valence-corrected chi connectivity index (χ0v) is 16.3. The van der Waals surface area contributed by atoms with Gasteiger partial charge in [-0.2, -0.15) is 14.7 Å². The fourth-order valence-electron chi connectivity index (χ4n) is 3.90. The Morgan fingerprint density at radius 3 is 2.79 bits per heavy atom. The lowest BCUT2D eigenvalue weighted by Crippen LogP contribution is -2.64. The maximum atomic E-state index is 12.5. The van der Waals surface area contributed by atoms with Crippen molar-refractivity contribution in [2.45, 2.75) is 36.8 Å². The Morgan fingerprint density at radius 2 is 2.10 bits per heavy atom. The molecule has 11 heteroatoms. The van der Waals surface area contributed by atoms with Crippen LogP contribution in [0.4, 0.5) is 0 Å². The van der Waals surface area contributed by atoms with Gasteiger partial charge in [0, 0.05) is 36.4 Å². The summed E-state index contributed by atoms with van der Waals surface area (Å²) in [4.78, 5) is 8.58. The Balaban J connectivity index is 1.48. The summed E-state index contributed by atoms with van der Waals surface area (Å²) in [5, 5.41) is 23.7. The number of hydrogen-bond acceptors (Lipinski definition) is 7. The lowest BCUT2D eigenvalue weighted by molar-refractivity contribution is 0.0716. The monoisotopic (exact) mass is 413 g/mol. The highest BCUT2D eigenvalue weighted by molar-refractivity contribution is 7.90. The maximum absolute atomic E-state index is 12.5. The van der Waals surface area contributed by atoms with Crippen molar-refractivity contribution < 1.29 is 13.5 Å². The van der Waals surface area contributed by atoms with Gasteiger partial charge in [0.1, 0.15) is 24.2 Å². The topological polar surface area (TPSA) is 130 Å². The predicted octanol–water partition coefficient (Wildman–Crippen LogP) is 0.661. The lowest BCUT2D eigenvalue weighted by atomic mass is 9.89. The third-order valence-electron chi connectivity index (χ3n) is 5.71. The smallest absolute Gasteiger partial charge is 0.217 e. The lowest BCUT2D eigenvalue weighted by Gasteiger charge is -2.48. The van der Waals surface area contributed by atoms with Crippen LogP contribution >= 0.6 is 0 Å². The zero-order chi connectivity index (χ0) is 20.2. The van der Waals surface area contributed by atoms with E-state index in [0.717, 1.165) is 10.9 Å². The maximum Gasteiger partial charge on any atom is 0.217 e. The molecule has 1 aliphatic heterocycles. The number of aliphatic hydroxyl groups excluding tert-OH is 1. The van der Waals surface area contributed by atoms with Crippen molar-refractivity contribution in [2.24, 2.45) is 0 Å². The van der Waals surface area contributed by atoms with Crippen LogP contribution in [-0.4, -0.2) is 60.5 Å². The first-order valence-corrected chi connectivity index (χ1v) is 10.8. The summed E-state index contributed by atoms with van der Waals surface area (Å²) in [7, 11) is -3.26. The molecular formula is C18H19N7O3S. The molecule has 0 atom stereocenters. The Hall–Kier alpha value is -2.81. The van der Waals surface area contributed by atoms with Gasteiger partial charge in [0.25, 0.3) is 0 Å². The molecule has 4 heterocycles. The van der Waals surface area contributed by atoms with E-state index in [1.54, 1.807) is 27.8 Å². The number of rotatable bonds is 6. The molecule has 0 aromatic carbocycles. The summed E-state index contributed by atoms with van der Waals surface area (Å²) in [6.45, 7) is 0.316. The van der Waals surface area contributed by atoms with Crippen molar-refractivity contribution >= 4 is 21.1 Å². The molecule has 3 aromatic heterocycles. The van der Waals surface area contributed by atoms with Gasteiger partial charge in [0.2, 0.25) is 10.0 Å². The number of nitrogens with zero attached hydrogens (tertiary/aromatic N) is 7. The van der Waals surface area contributed by atoms with E-state index in [0.29, 0.717) is 24.2 Å². The van der Waals surface area contributed by atoms with Crippen LogP contribution in [-0.2, 0) is 22.3 Å². The summed E-state index contributed by atoms with van der Waals surface area (Å²) in [5.41, 5.74) is 1.36. The molecular weight excluding hydrogens is 394 g/mol. The van der Waals surface area contributed by atoms with Crippen LogP contribution in [0.3, 0.4) is 0 Å². The van der Waals surface area contributed by atoms with E-state index in [1.807, 2.05) is 6.07 Å². The van der Waals surface area contributed by atoms with Crippen LogP contribution in [0.2, 0.25) is 0 Å². The van der Waals surface area contributed by atoms with Gasteiger partial charge in [-0.3, -0.25) is 4.68 Å². The standard InChI is InChI=1S/C18H19N7O3S/c19-5-4-18(9-24(10-18)29(27,28)14-1-2-14)25-8-13(7-22-25)16-15-3-6-23(12-26)17(15)21-11-20-16/h3,6-8,11,14,26H,1-2,4,9-10,12H2. The molecule has 2 fully saturated rings. The van der Waals surface area contributed by atoms with Gasteiger partial charge in [0.05, 0.1) is 29.6 Å². The second-order valence-electron chi connectivity index (χ2n) is 7.63. The minimum atomic E-state index is -3.26. The molecule has 1 N–H and O–H groups in total. The molecule has 1 saturated heterocycles. The van der Waals surface area contributed by atoms with Gasteiger partial charge in [-0.1, -0.05) is 0 Å². The van der Waals surface area contributed by atoms with Crippen molar-refractivity contribution in [1.29, 1.82) is 5.26 Å². The molecule has 0 radical (unpaired) electrons. The fraction of sp³-hybridized carbons (Fsp3) is 0.444. The van der Waals surface area contributed by atoms with Crippen molar-refractivity contribution in [2.75, 3.05) is 13.1 Å². The first kappa shape index (κ1) is 18.2. The van der Waals surface area contributed by atoms with Gasteiger partial charge >= 0.3 is 0 Å². The van der Waals surface area contributed by atoms with E-state index >= 15 is 0 Å². The summed E-state index contributed by atoms with van der Waals surface area (Å²) < 4.78 is 29.7. The second-order valence-corrected chi connectivity index (χ2v) is 9.84. The van der Waals surface area contributed by atoms with Crippen molar-refractivity contribution in [1.82, 2.24) is 28.6 Å². The summed E-state index contributed by atoms with van der Waals surface area (Å²) >= 11 is 0. The van der Waals surface area contributed by atoms with Crippen LogP contribution < -0.4 is 0 Å². The zero-order valence-electron chi connectivity index (χ0n) is 15.5. The highest BCUT2D eigenvalue weighted by Crippen LogP contribution is 2.40. The minimum absolute atomic E-state index is 0.172. The number of hydrogen-bond donors (Lipinski definition) is 1. The molecule has 5 rings (SSSR count). The molecule has 0 amide bonds. The van der Waals surface area contributed by atoms with E-state index in [2.05, 4.69) is 21.1 Å². The van der Waals surface area contributed by atoms with Gasteiger partial charge in [0.15, 0.2) is 0 Å². The Morgan fingerprint density at radius 1 is 1.31 bits per heavy atom. The molecule has 29 heavy (non-hydrogen) atoms. The molecule has 3 aromatic rings. The fourth-order valence-corrected chi connectivity index (χ4v) is 5.90. The van der Waals surface area contributed by atoms with Crippen molar-refractivity contribution in [3.8, 4) is 17.3 Å². The highest BCUT2D eigenvalue weighted by Gasteiger charge is 2.53.